The summed E-state index contributed by atoms with van der Waals surface area (Å²) in [6.45, 7) is 4.80. The fraction of sp³-hybridized carbons (Fsp3) is 0.500. The molecule has 6 nitrogen and oxygen atoms in total. The van der Waals surface area contributed by atoms with E-state index < -0.39 is 5.69 Å². The van der Waals surface area contributed by atoms with Crippen molar-refractivity contribution < 1.29 is 0 Å². The van der Waals surface area contributed by atoms with E-state index in [0.717, 1.165) is 30.3 Å². The van der Waals surface area contributed by atoms with E-state index in [1.165, 1.54) is 4.57 Å². The number of H-pyrrole nitrogens is 1. The first-order valence-corrected chi connectivity index (χ1v) is 8.02. The highest BCUT2D eigenvalue weighted by molar-refractivity contribution is 7.99. The van der Waals surface area contributed by atoms with Crippen molar-refractivity contribution in [2.45, 2.75) is 38.4 Å². The van der Waals surface area contributed by atoms with Crippen molar-refractivity contribution >= 4 is 22.9 Å². The van der Waals surface area contributed by atoms with Crippen LogP contribution in [0, 0.1) is 0 Å². The predicted octanol–water partition coefficient (Wildman–Crippen LogP) is 1.89. The number of rotatable bonds is 6. The number of thioether (sulfide) groups is 1. The highest BCUT2D eigenvalue weighted by Crippen LogP contribution is 2.22. The van der Waals surface area contributed by atoms with Crippen LogP contribution in [-0.4, -0.2) is 24.9 Å². The van der Waals surface area contributed by atoms with Gasteiger partial charge in [0.15, 0.2) is 16.3 Å². The molecule has 0 fully saturated rings. The molecule has 0 aliphatic heterocycles. The lowest BCUT2D eigenvalue weighted by Gasteiger charge is -2.06. The second kappa shape index (κ2) is 6.80. The van der Waals surface area contributed by atoms with Crippen LogP contribution in [0.1, 0.15) is 26.7 Å². The SMILES string of the molecule is CC=CCSc1nc2c(c(=O)[nH]c(=O)n2C)n1CCCC. The second-order valence-corrected chi connectivity index (χ2v) is 5.76. The van der Waals surface area contributed by atoms with Crippen LogP contribution in [0.25, 0.3) is 11.2 Å². The first-order chi connectivity index (χ1) is 10.1. The molecular weight excluding hydrogens is 288 g/mol. The third-order valence-electron chi connectivity index (χ3n) is 3.25. The van der Waals surface area contributed by atoms with Gasteiger partial charge in [-0.05, 0) is 13.3 Å². The molecule has 0 aliphatic carbocycles. The molecule has 2 heterocycles. The number of aromatic nitrogens is 4. The number of hydrogen-bond acceptors (Lipinski definition) is 4. The van der Waals surface area contributed by atoms with Crippen LogP contribution in [0.3, 0.4) is 0 Å². The molecule has 0 aliphatic rings. The van der Waals surface area contributed by atoms with E-state index in [1.807, 2.05) is 23.6 Å². The van der Waals surface area contributed by atoms with Gasteiger partial charge >= 0.3 is 5.69 Å². The van der Waals surface area contributed by atoms with E-state index in [2.05, 4.69) is 16.9 Å². The average molecular weight is 308 g/mol. The van der Waals surface area contributed by atoms with Crippen LogP contribution >= 0.6 is 11.8 Å². The Morgan fingerprint density at radius 3 is 2.81 bits per heavy atom. The van der Waals surface area contributed by atoms with Crippen molar-refractivity contribution in [3.05, 3.63) is 33.0 Å². The minimum atomic E-state index is -0.433. The number of nitrogens with one attached hydrogen (secondary N) is 1. The smallest absolute Gasteiger partial charge is 0.313 e. The molecule has 0 saturated heterocycles. The van der Waals surface area contributed by atoms with E-state index >= 15 is 0 Å². The quantitative estimate of drug-likeness (QED) is 0.653. The molecule has 0 radical (unpaired) electrons. The number of fused-ring (bicyclic) bond motifs is 1. The van der Waals surface area contributed by atoms with Gasteiger partial charge in [-0.2, -0.15) is 0 Å². The zero-order valence-corrected chi connectivity index (χ0v) is 13.4. The molecule has 0 spiro atoms. The summed E-state index contributed by atoms with van der Waals surface area (Å²) in [6.07, 6.45) is 6.01. The Hall–Kier alpha value is -1.76. The zero-order valence-electron chi connectivity index (χ0n) is 12.5. The fourth-order valence-corrected chi connectivity index (χ4v) is 2.99. The minimum Gasteiger partial charge on any atom is -0.313 e. The van der Waals surface area contributed by atoms with Gasteiger partial charge in [-0.1, -0.05) is 37.3 Å². The lowest BCUT2D eigenvalue weighted by Crippen LogP contribution is -2.29. The Morgan fingerprint density at radius 1 is 1.38 bits per heavy atom. The molecule has 0 unspecified atom stereocenters. The lowest BCUT2D eigenvalue weighted by atomic mass is 10.3. The van der Waals surface area contributed by atoms with E-state index in [4.69, 9.17) is 0 Å². The standard InChI is InChI=1S/C14H20N4O2S/c1-4-6-8-18-10-11(15-14(18)21-9-7-5-2)17(3)13(20)16-12(10)19/h5,7H,4,6,8-9H2,1-3H3,(H,16,19,20). The van der Waals surface area contributed by atoms with Crippen molar-refractivity contribution in [1.29, 1.82) is 0 Å². The van der Waals surface area contributed by atoms with Crippen molar-refractivity contribution in [2.24, 2.45) is 7.05 Å². The molecule has 21 heavy (non-hydrogen) atoms. The highest BCUT2D eigenvalue weighted by atomic mass is 32.2. The summed E-state index contributed by atoms with van der Waals surface area (Å²) in [6, 6.07) is 0. The van der Waals surface area contributed by atoms with E-state index in [9.17, 15) is 9.59 Å². The maximum absolute atomic E-state index is 12.1. The number of allylic oxidation sites excluding steroid dienone is 1. The van der Waals surface area contributed by atoms with Gasteiger partial charge in [-0.3, -0.25) is 14.3 Å². The Morgan fingerprint density at radius 2 is 2.14 bits per heavy atom. The van der Waals surface area contributed by atoms with Gasteiger partial charge in [0, 0.05) is 19.3 Å². The molecule has 114 valence electrons. The normalized spacial score (nSPS) is 11.8. The number of unbranched alkanes of at least 4 members (excludes halogenated alkanes) is 1. The van der Waals surface area contributed by atoms with E-state index in [-0.39, 0.29) is 5.56 Å². The number of hydrogen-bond donors (Lipinski definition) is 1. The maximum Gasteiger partial charge on any atom is 0.329 e. The molecular formula is C14H20N4O2S. The molecule has 0 amide bonds. The molecule has 2 rings (SSSR count). The summed E-state index contributed by atoms with van der Waals surface area (Å²) in [5.41, 5.74) is 0.128. The topological polar surface area (TPSA) is 72.7 Å². The van der Waals surface area contributed by atoms with Gasteiger partial charge in [-0.25, -0.2) is 9.78 Å². The van der Waals surface area contributed by atoms with Crippen LogP contribution in [0.2, 0.25) is 0 Å². The molecule has 1 N–H and O–H groups in total. The Kier molecular flexibility index (Phi) is 5.06. The van der Waals surface area contributed by atoms with Crippen molar-refractivity contribution in [1.82, 2.24) is 19.1 Å². The molecule has 0 bridgehead atoms. The number of aromatic amines is 1. The molecule has 0 aromatic carbocycles. The van der Waals surface area contributed by atoms with Crippen molar-refractivity contribution in [3.63, 3.8) is 0 Å². The van der Waals surface area contributed by atoms with Gasteiger partial charge in [0.05, 0.1) is 0 Å². The van der Waals surface area contributed by atoms with Crippen LogP contribution in [-0.2, 0) is 13.6 Å². The molecule has 0 saturated carbocycles. The van der Waals surface area contributed by atoms with E-state index in [1.54, 1.807) is 18.8 Å². The average Bonchev–Trinajstić information content (AvgIpc) is 2.82. The fourth-order valence-electron chi connectivity index (χ4n) is 2.07. The Balaban J connectivity index is 2.60. The summed E-state index contributed by atoms with van der Waals surface area (Å²) < 4.78 is 3.31. The van der Waals surface area contributed by atoms with Gasteiger partial charge in [0.25, 0.3) is 5.56 Å². The first kappa shape index (κ1) is 15.6. The number of nitrogens with zero attached hydrogens (tertiary/aromatic N) is 3. The van der Waals surface area contributed by atoms with Gasteiger partial charge < -0.3 is 4.57 Å². The summed E-state index contributed by atoms with van der Waals surface area (Å²) in [4.78, 5) is 30.7. The molecule has 2 aromatic heterocycles. The van der Waals surface area contributed by atoms with E-state index in [0.29, 0.717) is 11.2 Å². The van der Waals surface area contributed by atoms with Crippen molar-refractivity contribution in [2.75, 3.05) is 5.75 Å². The van der Waals surface area contributed by atoms with Crippen LogP contribution < -0.4 is 11.2 Å². The summed E-state index contributed by atoms with van der Waals surface area (Å²) >= 11 is 1.57. The second-order valence-electron chi connectivity index (χ2n) is 4.77. The monoisotopic (exact) mass is 308 g/mol. The summed E-state index contributed by atoms with van der Waals surface area (Å²) in [7, 11) is 1.62. The first-order valence-electron chi connectivity index (χ1n) is 7.03. The van der Waals surface area contributed by atoms with Gasteiger partial charge in [-0.15, -0.1) is 0 Å². The zero-order chi connectivity index (χ0) is 15.4. The van der Waals surface area contributed by atoms with Gasteiger partial charge in [0.2, 0.25) is 0 Å². The highest BCUT2D eigenvalue weighted by Gasteiger charge is 2.16. The Bertz CT molecular complexity index is 770. The van der Waals surface area contributed by atoms with Gasteiger partial charge in [0.1, 0.15) is 0 Å². The minimum absolute atomic E-state index is 0.366. The largest absolute Gasteiger partial charge is 0.329 e. The van der Waals surface area contributed by atoms with Crippen LogP contribution in [0.5, 0.6) is 0 Å². The number of aryl methyl sites for hydroxylation is 2. The molecule has 0 atom stereocenters. The molecule has 7 heteroatoms. The third-order valence-corrected chi connectivity index (χ3v) is 4.18. The maximum atomic E-state index is 12.1. The van der Waals surface area contributed by atoms with Crippen molar-refractivity contribution in [3.8, 4) is 0 Å². The Labute approximate surface area is 126 Å². The summed E-state index contributed by atoms with van der Waals surface area (Å²) in [5.74, 6) is 0.789. The lowest BCUT2D eigenvalue weighted by molar-refractivity contribution is 0.600. The van der Waals surface area contributed by atoms with Crippen LogP contribution in [0.4, 0.5) is 0 Å². The molecule has 2 aromatic rings. The number of imidazole rings is 1. The summed E-state index contributed by atoms with van der Waals surface area (Å²) in [5, 5.41) is 0.781. The third kappa shape index (κ3) is 3.12. The predicted molar refractivity (Wildman–Crippen MR) is 86.0 cm³/mol. The van der Waals surface area contributed by atoms with Crippen LogP contribution in [0.15, 0.2) is 26.9 Å².